The van der Waals surface area contributed by atoms with Crippen LogP contribution in [0.2, 0.25) is 0 Å². The smallest absolute Gasteiger partial charge is 0.283 e. The number of hydrazine groups is 1. The average Bonchev–Trinajstić information content (AvgIpc) is 2.46. The summed E-state index contributed by atoms with van der Waals surface area (Å²) in [4.78, 5) is 16.1. The third kappa shape index (κ3) is 4.17. The lowest BCUT2D eigenvalue weighted by Gasteiger charge is -2.27. The fourth-order valence-corrected chi connectivity index (χ4v) is 2.19. The number of pyridine rings is 1. The summed E-state index contributed by atoms with van der Waals surface area (Å²) in [7, 11) is 0. The predicted molar refractivity (Wildman–Crippen MR) is 75.5 cm³/mol. The normalized spacial score (nSPS) is 15.9. The van der Waals surface area contributed by atoms with Crippen LogP contribution >= 0.6 is 0 Å². The standard InChI is InChI=1S/C15H21N3O/c1-2-3-7-13-8-6-11-18(12-13)17-15(19)14-9-4-5-10-16-14/h4-5,8-10H,2-3,6-7,11-12H2,1H3,(H,17,19). The van der Waals surface area contributed by atoms with Crippen molar-refractivity contribution in [2.75, 3.05) is 13.1 Å². The van der Waals surface area contributed by atoms with Crippen LogP contribution in [-0.2, 0) is 0 Å². The molecule has 102 valence electrons. The zero-order chi connectivity index (χ0) is 13.5. The molecule has 0 spiro atoms. The van der Waals surface area contributed by atoms with Crippen molar-refractivity contribution in [3.8, 4) is 0 Å². The number of amides is 1. The Morgan fingerprint density at radius 2 is 2.37 bits per heavy atom. The molecule has 0 bridgehead atoms. The van der Waals surface area contributed by atoms with Crippen LogP contribution in [0.4, 0.5) is 0 Å². The van der Waals surface area contributed by atoms with Crippen LogP contribution in [0.3, 0.4) is 0 Å². The Morgan fingerprint density at radius 1 is 1.47 bits per heavy atom. The highest BCUT2D eigenvalue weighted by atomic mass is 16.2. The summed E-state index contributed by atoms with van der Waals surface area (Å²) in [6, 6.07) is 5.36. The lowest BCUT2D eigenvalue weighted by atomic mass is 10.0. The lowest BCUT2D eigenvalue weighted by Crippen LogP contribution is -2.45. The summed E-state index contributed by atoms with van der Waals surface area (Å²) in [5.74, 6) is -0.127. The van der Waals surface area contributed by atoms with E-state index in [4.69, 9.17) is 0 Å². The molecule has 1 aliphatic heterocycles. The summed E-state index contributed by atoms with van der Waals surface area (Å²) in [6.45, 7) is 3.90. The highest BCUT2D eigenvalue weighted by Crippen LogP contribution is 2.14. The van der Waals surface area contributed by atoms with Crippen LogP contribution in [-0.4, -0.2) is 29.0 Å². The highest BCUT2D eigenvalue weighted by Gasteiger charge is 2.15. The molecule has 1 aliphatic rings. The Balaban J connectivity index is 1.87. The Morgan fingerprint density at radius 3 is 3.11 bits per heavy atom. The van der Waals surface area contributed by atoms with Crippen molar-refractivity contribution in [1.29, 1.82) is 0 Å². The number of carbonyl (C=O) groups is 1. The van der Waals surface area contributed by atoms with Gasteiger partial charge in [-0.25, -0.2) is 5.01 Å². The van der Waals surface area contributed by atoms with Gasteiger partial charge in [0, 0.05) is 19.3 Å². The van der Waals surface area contributed by atoms with Crippen molar-refractivity contribution in [1.82, 2.24) is 15.4 Å². The minimum Gasteiger partial charge on any atom is -0.283 e. The third-order valence-corrected chi connectivity index (χ3v) is 3.23. The predicted octanol–water partition coefficient (Wildman–Crippen LogP) is 2.55. The van der Waals surface area contributed by atoms with Gasteiger partial charge < -0.3 is 0 Å². The molecule has 1 N–H and O–H groups in total. The van der Waals surface area contributed by atoms with E-state index in [-0.39, 0.29) is 5.91 Å². The van der Waals surface area contributed by atoms with Crippen molar-refractivity contribution >= 4 is 5.91 Å². The molecular weight excluding hydrogens is 238 g/mol. The van der Waals surface area contributed by atoms with Crippen molar-refractivity contribution in [2.45, 2.75) is 32.6 Å². The van der Waals surface area contributed by atoms with Gasteiger partial charge >= 0.3 is 0 Å². The minimum absolute atomic E-state index is 0.127. The van der Waals surface area contributed by atoms with Crippen LogP contribution in [0.1, 0.15) is 43.1 Å². The topological polar surface area (TPSA) is 45.2 Å². The number of rotatable bonds is 5. The molecule has 0 unspecified atom stereocenters. The second-order valence-corrected chi connectivity index (χ2v) is 4.83. The largest absolute Gasteiger partial charge is 0.284 e. The van der Waals surface area contributed by atoms with Crippen LogP contribution < -0.4 is 5.43 Å². The van der Waals surface area contributed by atoms with Crippen molar-refractivity contribution in [3.05, 3.63) is 41.7 Å². The third-order valence-electron chi connectivity index (χ3n) is 3.23. The van der Waals surface area contributed by atoms with Crippen molar-refractivity contribution in [3.63, 3.8) is 0 Å². The van der Waals surface area contributed by atoms with Gasteiger partial charge in [0.1, 0.15) is 5.69 Å². The summed E-state index contributed by atoms with van der Waals surface area (Å²) in [5.41, 5.74) is 4.82. The van der Waals surface area contributed by atoms with E-state index in [0.29, 0.717) is 5.69 Å². The number of unbranched alkanes of at least 4 members (excludes halogenated alkanes) is 1. The van der Waals surface area contributed by atoms with Crippen LogP contribution in [0.5, 0.6) is 0 Å². The molecule has 4 heteroatoms. The highest BCUT2D eigenvalue weighted by molar-refractivity contribution is 5.91. The molecule has 0 atom stereocenters. The number of carbonyl (C=O) groups excluding carboxylic acids is 1. The molecule has 4 nitrogen and oxygen atoms in total. The number of hydrogen-bond donors (Lipinski definition) is 1. The van der Waals surface area contributed by atoms with Gasteiger partial charge in [-0.2, -0.15) is 0 Å². The quantitative estimate of drug-likeness (QED) is 0.827. The van der Waals surface area contributed by atoms with Crippen LogP contribution in [0, 0.1) is 0 Å². The van der Waals surface area contributed by atoms with Gasteiger partial charge in [-0.05, 0) is 31.4 Å². The second kappa shape index (κ2) is 7.04. The maximum Gasteiger partial charge on any atom is 0.284 e. The molecule has 0 aromatic carbocycles. The van der Waals surface area contributed by atoms with Gasteiger partial charge in [0.25, 0.3) is 5.91 Å². The van der Waals surface area contributed by atoms with E-state index in [9.17, 15) is 4.79 Å². The summed E-state index contributed by atoms with van der Waals surface area (Å²) < 4.78 is 0. The minimum atomic E-state index is -0.127. The van der Waals surface area contributed by atoms with Gasteiger partial charge in [-0.3, -0.25) is 15.2 Å². The zero-order valence-corrected chi connectivity index (χ0v) is 11.4. The maximum atomic E-state index is 12.0. The second-order valence-electron chi connectivity index (χ2n) is 4.83. The zero-order valence-electron chi connectivity index (χ0n) is 11.4. The van der Waals surface area contributed by atoms with E-state index in [1.54, 1.807) is 12.3 Å². The first-order valence-corrected chi connectivity index (χ1v) is 6.94. The Bertz CT molecular complexity index is 442. The number of nitrogens with zero attached hydrogens (tertiary/aromatic N) is 2. The van der Waals surface area contributed by atoms with Crippen LogP contribution in [0.15, 0.2) is 36.0 Å². The van der Waals surface area contributed by atoms with Gasteiger partial charge in [-0.15, -0.1) is 0 Å². The van der Waals surface area contributed by atoms with E-state index >= 15 is 0 Å². The summed E-state index contributed by atoms with van der Waals surface area (Å²) >= 11 is 0. The van der Waals surface area contributed by atoms with E-state index in [0.717, 1.165) is 25.9 Å². The van der Waals surface area contributed by atoms with Gasteiger partial charge in [-0.1, -0.05) is 31.1 Å². The van der Waals surface area contributed by atoms with Crippen molar-refractivity contribution in [2.24, 2.45) is 0 Å². The number of nitrogens with one attached hydrogen (secondary N) is 1. The molecule has 19 heavy (non-hydrogen) atoms. The first-order chi connectivity index (χ1) is 9.29. The fraction of sp³-hybridized carbons (Fsp3) is 0.467. The van der Waals surface area contributed by atoms with Gasteiger partial charge in [0.15, 0.2) is 0 Å². The number of hydrogen-bond acceptors (Lipinski definition) is 3. The summed E-state index contributed by atoms with van der Waals surface area (Å²) in [6.07, 6.45) is 8.50. The monoisotopic (exact) mass is 259 g/mol. The van der Waals surface area contributed by atoms with E-state index in [1.165, 1.54) is 18.4 Å². The molecule has 1 amide bonds. The molecule has 0 fully saturated rings. The first kappa shape index (κ1) is 13.7. The molecular formula is C15H21N3O. The Labute approximate surface area is 114 Å². The lowest BCUT2D eigenvalue weighted by molar-refractivity contribution is 0.0792. The molecule has 0 radical (unpaired) electrons. The SMILES string of the molecule is CCCCC1=CCCN(NC(=O)c2ccccn2)C1. The molecule has 0 aliphatic carbocycles. The fourth-order valence-electron chi connectivity index (χ4n) is 2.19. The summed E-state index contributed by atoms with van der Waals surface area (Å²) in [5, 5.41) is 1.99. The molecule has 1 aromatic rings. The first-order valence-electron chi connectivity index (χ1n) is 6.94. The number of aromatic nitrogens is 1. The molecule has 0 saturated carbocycles. The molecule has 2 rings (SSSR count). The van der Waals surface area contributed by atoms with Crippen molar-refractivity contribution < 1.29 is 4.79 Å². The van der Waals surface area contributed by atoms with Crippen LogP contribution in [0.25, 0.3) is 0 Å². The Kier molecular flexibility index (Phi) is 5.10. The maximum absolute atomic E-state index is 12.0. The van der Waals surface area contributed by atoms with E-state index < -0.39 is 0 Å². The van der Waals surface area contributed by atoms with E-state index in [1.807, 2.05) is 17.1 Å². The Hall–Kier alpha value is -1.68. The van der Waals surface area contributed by atoms with Gasteiger partial charge in [0.05, 0.1) is 0 Å². The van der Waals surface area contributed by atoms with Gasteiger partial charge in [0.2, 0.25) is 0 Å². The van der Waals surface area contributed by atoms with E-state index in [2.05, 4.69) is 23.4 Å². The average molecular weight is 259 g/mol. The molecule has 1 aromatic heterocycles. The molecule has 0 saturated heterocycles. The molecule has 2 heterocycles.